The summed E-state index contributed by atoms with van der Waals surface area (Å²) in [5.74, 6) is -4.62. The van der Waals surface area contributed by atoms with Crippen LogP contribution in [0.4, 0.5) is 18.9 Å². The molecule has 1 unspecified atom stereocenters. The maximum absolute atomic E-state index is 15.5. The first-order valence-electron chi connectivity index (χ1n) is 23.1. The third-order valence-corrected chi connectivity index (χ3v) is 13.0. The molecule has 3 aliphatic heterocycles. The molecule has 2 saturated heterocycles. The lowest BCUT2D eigenvalue weighted by Gasteiger charge is -2.27. The van der Waals surface area contributed by atoms with Crippen molar-refractivity contribution >= 4 is 56.3 Å². The van der Waals surface area contributed by atoms with Gasteiger partial charge in [-0.2, -0.15) is 12.7 Å². The molecule has 2 atom stereocenters. The van der Waals surface area contributed by atoms with Crippen molar-refractivity contribution in [1.29, 1.82) is 0 Å². The number of rotatable bonds is 23. The van der Waals surface area contributed by atoms with Gasteiger partial charge < -0.3 is 33.4 Å². The minimum atomic E-state index is -4.34. The number of piperidine rings is 1. The second-order valence-corrected chi connectivity index (χ2v) is 18.0. The summed E-state index contributed by atoms with van der Waals surface area (Å²) >= 11 is 0. The summed E-state index contributed by atoms with van der Waals surface area (Å²) < 4.78 is 105. The van der Waals surface area contributed by atoms with E-state index in [-0.39, 0.29) is 49.0 Å². The number of halogens is 3. The van der Waals surface area contributed by atoms with Gasteiger partial charge in [0.2, 0.25) is 17.6 Å². The van der Waals surface area contributed by atoms with E-state index < -0.39 is 74.7 Å². The lowest BCUT2D eigenvalue weighted by Crippen LogP contribution is -2.54. The number of carbonyl (C=O) groups excluding carboxylic acids is 5. The number of benzene rings is 3. The van der Waals surface area contributed by atoms with E-state index in [1.54, 1.807) is 42.6 Å². The maximum Gasteiger partial charge on any atom is 0.301 e. The van der Waals surface area contributed by atoms with Crippen LogP contribution in [-0.4, -0.2) is 148 Å². The van der Waals surface area contributed by atoms with Crippen molar-refractivity contribution in [3.8, 4) is 22.6 Å². The molecular weight excluding hydrogens is 970 g/mol. The Balaban J connectivity index is 0.000000255. The second-order valence-electron chi connectivity index (χ2n) is 16.3. The summed E-state index contributed by atoms with van der Waals surface area (Å²) in [6.45, 7) is 8.02. The smallest absolute Gasteiger partial charge is 0.301 e. The SMILES string of the molecule is CCOCCOCCOCCOc1ccc(-c2cnc3[nH]cc(C(=O)c4c(F)ccc(NS(=O)(=O)N5CC[C@@H](F)C5)c4F)c3c2)cc1.CCOCCOc1ccc2c(c1)C(=O)N(C1CCC(=O)NC1=O)C2=O. The van der Waals surface area contributed by atoms with Crippen LogP contribution in [0.5, 0.6) is 11.5 Å². The van der Waals surface area contributed by atoms with Gasteiger partial charge in [0.15, 0.2) is 5.82 Å². The normalized spacial score (nSPS) is 16.9. The molecule has 0 aliphatic carbocycles. The van der Waals surface area contributed by atoms with Gasteiger partial charge in [-0.3, -0.25) is 38.9 Å². The van der Waals surface area contributed by atoms with Crippen LogP contribution in [0, 0.1) is 11.6 Å². The Bertz CT molecular complexity index is 2890. The average molecular weight is 1020 g/mol. The summed E-state index contributed by atoms with van der Waals surface area (Å²) in [6, 6.07) is 14.1. The molecule has 5 heterocycles. The van der Waals surface area contributed by atoms with Crippen LogP contribution in [0.3, 0.4) is 0 Å². The number of aromatic nitrogens is 2. The van der Waals surface area contributed by atoms with E-state index in [0.717, 1.165) is 26.9 Å². The highest BCUT2D eigenvalue weighted by Gasteiger charge is 2.45. The molecule has 19 nitrogen and oxygen atoms in total. The van der Waals surface area contributed by atoms with Crippen molar-refractivity contribution in [3.05, 3.63) is 107 Å². The fourth-order valence-corrected chi connectivity index (χ4v) is 9.15. The molecule has 0 radical (unpaired) electrons. The lowest BCUT2D eigenvalue weighted by molar-refractivity contribution is -0.136. The largest absolute Gasteiger partial charge is 0.491 e. The number of alkyl halides is 1. The van der Waals surface area contributed by atoms with Crippen LogP contribution in [0.15, 0.2) is 73.1 Å². The van der Waals surface area contributed by atoms with Crippen LogP contribution in [0.25, 0.3) is 22.2 Å². The number of pyridine rings is 1. The number of ketones is 1. The topological polar surface area (TPSA) is 234 Å². The Labute approximate surface area is 412 Å². The van der Waals surface area contributed by atoms with E-state index in [1.165, 1.54) is 18.3 Å². The molecule has 384 valence electrons. The number of H-pyrrole nitrogens is 1. The molecule has 72 heavy (non-hydrogen) atoms. The van der Waals surface area contributed by atoms with Crippen molar-refractivity contribution in [2.24, 2.45) is 0 Å². The van der Waals surface area contributed by atoms with E-state index in [9.17, 15) is 41.2 Å². The highest BCUT2D eigenvalue weighted by atomic mass is 32.2. The number of ether oxygens (including phenoxy) is 6. The number of aromatic amines is 1. The minimum Gasteiger partial charge on any atom is -0.491 e. The quantitative estimate of drug-likeness (QED) is 0.0423. The van der Waals surface area contributed by atoms with Crippen LogP contribution in [0.1, 0.15) is 69.7 Å². The van der Waals surface area contributed by atoms with Crippen LogP contribution >= 0.6 is 0 Å². The number of amides is 4. The average Bonchev–Trinajstić information content (AvgIpc) is 4.08. The number of nitrogens with zero attached hydrogens (tertiary/aromatic N) is 3. The van der Waals surface area contributed by atoms with Gasteiger partial charge in [-0.1, -0.05) is 12.1 Å². The Morgan fingerprint density at radius 1 is 0.778 bits per heavy atom. The molecular formula is C49H53F3N6O13S. The van der Waals surface area contributed by atoms with E-state index in [4.69, 9.17) is 28.4 Å². The van der Waals surface area contributed by atoms with Gasteiger partial charge in [-0.25, -0.2) is 18.2 Å². The van der Waals surface area contributed by atoms with E-state index in [1.807, 2.05) is 18.6 Å². The monoisotopic (exact) mass is 1020 g/mol. The molecule has 0 bridgehead atoms. The number of hydrogen-bond donors (Lipinski definition) is 3. The minimum absolute atomic E-state index is 0.00756. The predicted molar refractivity (Wildman–Crippen MR) is 254 cm³/mol. The van der Waals surface area contributed by atoms with Crippen molar-refractivity contribution in [1.82, 2.24) is 24.5 Å². The van der Waals surface area contributed by atoms with Crippen molar-refractivity contribution < 1.29 is 74.0 Å². The number of fused-ring (bicyclic) bond motifs is 2. The van der Waals surface area contributed by atoms with Gasteiger partial charge in [-0.15, -0.1) is 0 Å². The summed E-state index contributed by atoms with van der Waals surface area (Å²) in [6.07, 6.45) is 1.77. The third-order valence-electron chi connectivity index (χ3n) is 11.5. The Morgan fingerprint density at radius 2 is 1.42 bits per heavy atom. The molecule has 23 heteroatoms. The molecule has 3 aliphatic rings. The Kier molecular flexibility index (Phi) is 18.1. The molecule has 0 saturated carbocycles. The van der Waals surface area contributed by atoms with Crippen molar-refractivity contribution in [3.63, 3.8) is 0 Å². The summed E-state index contributed by atoms with van der Waals surface area (Å²) in [7, 11) is -4.34. The van der Waals surface area contributed by atoms with Crippen LogP contribution < -0.4 is 19.5 Å². The second kappa shape index (κ2) is 24.6. The van der Waals surface area contributed by atoms with Gasteiger partial charge >= 0.3 is 10.2 Å². The van der Waals surface area contributed by atoms with Gasteiger partial charge in [0.1, 0.15) is 48.4 Å². The van der Waals surface area contributed by atoms with Crippen molar-refractivity contribution in [2.45, 2.75) is 45.3 Å². The molecule has 4 amide bonds. The van der Waals surface area contributed by atoms with E-state index in [0.29, 0.717) is 94.2 Å². The fourth-order valence-electron chi connectivity index (χ4n) is 7.88. The molecule has 8 rings (SSSR count). The predicted octanol–water partition coefficient (Wildman–Crippen LogP) is 5.39. The van der Waals surface area contributed by atoms with Crippen LogP contribution in [0.2, 0.25) is 0 Å². The molecule has 5 aromatic rings. The first kappa shape index (κ1) is 53.0. The lowest BCUT2D eigenvalue weighted by atomic mass is 10.00. The Morgan fingerprint density at radius 3 is 2.08 bits per heavy atom. The van der Waals surface area contributed by atoms with Crippen LogP contribution in [-0.2, 0) is 38.7 Å². The number of carbonyl (C=O) groups is 5. The summed E-state index contributed by atoms with van der Waals surface area (Å²) in [4.78, 5) is 70.0. The van der Waals surface area contributed by atoms with Gasteiger partial charge in [-0.05, 0) is 80.8 Å². The first-order chi connectivity index (χ1) is 34.7. The number of anilines is 1. The summed E-state index contributed by atoms with van der Waals surface area (Å²) in [5, 5.41) is 2.47. The van der Waals surface area contributed by atoms with E-state index >= 15 is 4.39 Å². The number of imide groups is 2. The molecule has 2 fully saturated rings. The van der Waals surface area contributed by atoms with E-state index in [2.05, 4.69) is 15.3 Å². The fraction of sp³-hybridized carbons (Fsp3) is 0.388. The van der Waals surface area contributed by atoms with Gasteiger partial charge in [0.25, 0.3) is 11.8 Å². The van der Waals surface area contributed by atoms with Crippen molar-refractivity contribution in [2.75, 3.05) is 83.9 Å². The highest BCUT2D eigenvalue weighted by Crippen LogP contribution is 2.32. The number of nitrogens with one attached hydrogen (secondary N) is 3. The molecule has 3 aromatic carbocycles. The maximum atomic E-state index is 15.5. The third kappa shape index (κ3) is 12.8. The molecule has 2 aromatic heterocycles. The number of hydrogen-bond acceptors (Lipinski definition) is 14. The van der Waals surface area contributed by atoms with Gasteiger partial charge in [0.05, 0.1) is 62.0 Å². The zero-order valence-corrected chi connectivity index (χ0v) is 40.2. The molecule has 0 spiro atoms. The zero-order valence-electron chi connectivity index (χ0n) is 39.4. The first-order valence-corrected chi connectivity index (χ1v) is 24.6. The summed E-state index contributed by atoms with van der Waals surface area (Å²) in [5.41, 5.74) is 0.474. The Hall–Kier alpha value is -6.76. The van der Waals surface area contributed by atoms with Gasteiger partial charge in [0, 0.05) is 61.6 Å². The highest BCUT2D eigenvalue weighted by molar-refractivity contribution is 7.90. The molecule has 3 N–H and O–H groups in total. The standard InChI is InChI=1S/C32H35F3N4O7S.C17H18N2O6/c1-2-43-11-12-44-13-14-45-15-16-46-24-5-3-21(4-6-24)22-17-25-26(19-37-32(25)36-18-22)31(40)29-27(34)7-8-28(30(29)35)38-47(41,42)39-10-9-23(33)20-39;1-2-24-7-8-25-10-3-4-11-12(9-10)17(23)19(16(11)22)13-5-6-14(20)18-15(13)21/h3-8,17-19,23,38H,2,9-16,20H2,1H3,(H,36,37);3-4,9,13H,2,5-8H2,1H3,(H,18,20,21)/t23-;/m1./s1. The zero-order chi connectivity index (χ0) is 51.4.